The van der Waals surface area contributed by atoms with Gasteiger partial charge in [-0.25, -0.2) is 8.78 Å². The molecule has 0 aromatic heterocycles. The van der Waals surface area contributed by atoms with Gasteiger partial charge < -0.3 is 5.32 Å². The van der Waals surface area contributed by atoms with Crippen LogP contribution in [0.2, 0.25) is 0 Å². The van der Waals surface area contributed by atoms with Crippen LogP contribution in [0.15, 0.2) is 18.2 Å². The Hall–Kier alpha value is -1.00. The van der Waals surface area contributed by atoms with Gasteiger partial charge in [-0.15, -0.1) is 0 Å². The molecule has 0 spiro atoms. The number of nitrogens with one attached hydrogen (secondary N) is 1. The molecule has 0 saturated carbocycles. The van der Waals surface area contributed by atoms with Crippen molar-refractivity contribution in [2.24, 2.45) is 5.92 Å². The van der Waals surface area contributed by atoms with Crippen molar-refractivity contribution < 1.29 is 8.78 Å². The standard InChI is InChI=1S/C15H22F2N2/c1-11(2)18-8-13-5-6-19(10-13)9-12-3-4-14(16)15(17)7-12/h3-4,7,11,13,18H,5-6,8-10H2,1-2H3. The van der Waals surface area contributed by atoms with Gasteiger partial charge in [-0.3, -0.25) is 4.90 Å². The Bertz CT molecular complexity index is 421. The van der Waals surface area contributed by atoms with E-state index in [2.05, 4.69) is 24.1 Å². The van der Waals surface area contributed by atoms with Gasteiger partial charge in [-0.2, -0.15) is 0 Å². The Morgan fingerprint density at radius 2 is 2.11 bits per heavy atom. The highest BCUT2D eigenvalue weighted by molar-refractivity contribution is 5.17. The van der Waals surface area contributed by atoms with Crippen molar-refractivity contribution in [3.05, 3.63) is 35.4 Å². The molecule has 0 amide bonds. The largest absolute Gasteiger partial charge is 0.314 e. The zero-order valence-electron chi connectivity index (χ0n) is 11.6. The molecule has 2 rings (SSSR count). The minimum atomic E-state index is -0.774. The van der Waals surface area contributed by atoms with Crippen molar-refractivity contribution in [2.45, 2.75) is 32.9 Å². The third-order valence-corrected chi connectivity index (χ3v) is 3.57. The molecule has 19 heavy (non-hydrogen) atoms. The summed E-state index contributed by atoms with van der Waals surface area (Å²) < 4.78 is 26.0. The predicted molar refractivity (Wildman–Crippen MR) is 72.9 cm³/mol. The van der Waals surface area contributed by atoms with Gasteiger partial charge >= 0.3 is 0 Å². The average Bonchev–Trinajstić information content (AvgIpc) is 2.79. The molecule has 1 aromatic carbocycles. The second-order valence-electron chi connectivity index (χ2n) is 5.70. The Kier molecular flexibility index (Phi) is 4.88. The van der Waals surface area contributed by atoms with Gasteiger partial charge in [0.05, 0.1) is 0 Å². The number of benzene rings is 1. The van der Waals surface area contributed by atoms with E-state index in [4.69, 9.17) is 0 Å². The second kappa shape index (κ2) is 6.44. The molecular formula is C15H22F2N2. The summed E-state index contributed by atoms with van der Waals surface area (Å²) in [4.78, 5) is 2.30. The summed E-state index contributed by atoms with van der Waals surface area (Å²) in [6, 6.07) is 4.69. The highest BCUT2D eigenvalue weighted by Gasteiger charge is 2.22. The van der Waals surface area contributed by atoms with Gasteiger partial charge in [-0.05, 0) is 43.1 Å². The molecule has 1 aliphatic heterocycles. The number of rotatable bonds is 5. The van der Waals surface area contributed by atoms with Gasteiger partial charge in [0, 0.05) is 19.1 Å². The first-order valence-electron chi connectivity index (χ1n) is 6.94. The van der Waals surface area contributed by atoms with Crippen molar-refractivity contribution in [3.8, 4) is 0 Å². The fraction of sp³-hybridized carbons (Fsp3) is 0.600. The Labute approximate surface area is 113 Å². The summed E-state index contributed by atoms with van der Waals surface area (Å²) in [6.07, 6.45) is 1.17. The molecule has 4 heteroatoms. The fourth-order valence-electron chi connectivity index (χ4n) is 2.52. The lowest BCUT2D eigenvalue weighted by atomic mass is 10.1. The van der Waals surface area contributed by atoms with Gasteiger partial charge in [0.15, 0.2) is 11.6 Å². The van der Waals surface area contributed by atoms with Gasteiger partial charge in [0.25, 0.3) is 0 Å². The van der Waals surface area contributed by atoms with E-state index >= 15 is 0 Å². The summed E-state index contributed by atoms with van der Waals surface area (Å²) in [5.74, 6) is -0.869. The van der Waals surface area contributed by atoms with Crippen molar-refractivity contribution in [1.82, 2.24) is 10.2 Å². The maximum absolute atomic E-state index is 13.1. The minimum absolute atomic E-state index is 0.514. The maximum atomic E-state index is 13.1. The van der Waals surface area contributed by atoms with Crippen LogP contribution in [0.3, 0.4) is 0 Å². The molecule has 0 radical (unpaired) electrons. The zero-order valence-corrected chi connectivity index (χ0v) is 11.6. The number of hydrogen-bond acceptors (Lipinski definition) is 2. The smallest absolute Gasteiger partial charge is 0.159 e. The third-order valence-electron chi connectivity index (χ3n) is 3.57. The number of halogens is 2. The van der Waals surface area contributed by atoms with Crippen molar-refractivity contribution in [3.63, 3.8) is 0 Å². The van der Waals surface area contributed by atoms with Gasteiger partial charge in [0.2, 0.25) is 0 Å². The first-order valence-corrected chi connectivity index (χ1v) is 6.94. The van der Waals surface area contributed by atoms with Crippen LogP contribution < -0.4 is 5.32 Å². The highest BCUT2D eigenvalue weighted by atomic mass is 19.2. The normalized spacial score (nSPS) is 20.4. The topological polar surface area (TPSA) is 15.3 Å². The average molecular weight is 268 g/mol. The lowest BCUT2D eigenvalue weighted by Crippen LogP contribution is -2.30. The van der Waals surface area contributed by atoms with Crippen LogP contribution in [0.25, 0.3) is 0 Å². The van der Waals surface area contributed by atoms with E-state index < -0.39 is 11.6 Å². The molecule has 1 aromatic rings. The lowest BCUT2D eigenvalue weighted by Gasteiger charge is -2.17. The van der Waals surface area contributed by atoms with Crippen molar-refractivity contribution in [1.29, 1.82) is 0 Å². The Morgan fingerprint density at radius 1 is 1.32 bits per heavy atom. The Morgan fingerprint density at radius 3 is 2.79 bits per heavy atom. The van der Waals surface area contributed by atoms with Crippen LogP contribution >= 0.6 is 0 Å². The van der Waals surface area contributed by atoms with Crippen LogP contribution in [0.4, 0.5) is 8.78 Å². The number of hydrogen-bond donors (Lipinski definition) is 1. The number of nitrogens with zero attached hydrogens (tertiary/aromatic N) is 1. The molecule has 106 valence electrons. The molecular weight excluding hydrogens is 246 g/mol. The van der Waals surface area contributed by atoms with Crippen molar-refractivity contribution in [2.75, 3.05) is 19.6 Å². The molecule has 0 bridgehead atoms. The molecule has 2 nitrogen and oxygen atoms in total. The van der Waals surface area contributed by atoms with E-state index in [1.807, 2.05) is 0 Å². The van der Waals surface area contributed by atoms with E-state index in [9.17, 15) is 8.78 Å². The van der Waals surface area contributed by atoms with Crippen LogP contribution in [-0.2, 0) is 6.54 Å². The lowest BCUT2D eigenvalue weighted by molar-refractivity contribution is 0.312. The first-order chi connectivity index (χ1) is 9.04. The molecule has 1 fully saturated rings. The van der Waals surface area contributed by atoms with E-state index in [1.165, 1.54) is 18.6 Å². The predicted octanol–water partition coefficient (Wildman–Crippen LogP) is 2.78. The Balaban J connectivity index is 1.82. The molecule has 1 heterocycles. The van der Waals surface area contributed by atoms with Gasteiger partial charge in [-0.1, -0.05) is 19.9 Å². The summed E-state index contributed by atoms with van der Waals surface area (Å²) in [5, 5.41) is 3.45. The third kappa shape index (κ3) is 4.25. The first kappa shape index (κ1) is 14.4. The summed E-state index contributed by atoms with van der Waals surface area (Å²) >= 11 is 0. The van der Waals surface area contributed by atoms with E-state index in [-0.39, 0.29) is 0 Å². The van der Waals surface area contributed by atoms with Gasteiger partial charge in [0.1, 0.15) is 0 Å². The summed E-state index contributed by atoms with van der Waals surface area (Å²) in [7, 11) is 0. The number of likely N-dealkylation sites (tertiary alicyclic amines) is 1. The van der Waals surface area contributed by atoms with Crippen LogP contribution in [-0.4, -0.2) is 30.6 Å². The fourth-order valence-corrected chi connectivity index (χ4v) is 2.52. The molecule has 1 saturated heterocycles. The zero-order chi connectivity index (χ0) is 13.8. The monoisotopic (exact) mass is 268 g/mol. The van der Waals surface area contributed by atoms with Crippen molar-refractivity contribution >= 4 is 0 Å². The SMILES string of the molecule is CC(C)NCC1CCN(Cc2ccc(F)c(F)c2)C1. The van der Waals surface area contributed by atoms with Crippen LogP contribution in [0.5, 0.6) is 0 Å². The minimum Gasteiger partial charge on any atom is -0.314 e. The molecule has 1 unspecified atom stereocenters. The highest BCUT2D eigenvalue weighted by Crippen LogP contribution is 2.19. The van der Waals surface area contributed by atoms with E-state index in [0.29, 0.717) is 18.5 Å². The molecule has 0 aliphatic carbocycles. The van der Waals surface area contributed by atoms with Crippen LogP contribution in [0.1, 0.15) is 25.8 Å². The molecule has 1 atom stereocenters. The van der Waals surface area contributed by atoms with E-state index in [0.717, 1.165) is 25.2 Å². The maximum Gasteiger partial charge on any atom is 0.159 e. The second-order valence-corrected chi connectivity index (χ2v) is 5.70. The molecule has 1 aliphatic rings. The van der Waals surface area contributed by atoms with Crippen LogP contribution in [0, 0.1) is 17.6 Å². The summed E-state index contributed by atoms with van der Waals surface area (Å²) in [5.41, 5.74) is 0.844. The quantitative estimate of drug-likeness (QED) is 0.883. The molecule has 1 N–H and O–H groups in total. The summed E-state index contributed by atoms with van der Waals surface area (Å²) in [6.45, 7) is 8.09. The van der Waals surface area contributed by atoms with E-state index in [1.54, 1.807) is 6.07 Å².